The third kappa shape index (κ3) is 5.44. The molecule has 0 radical (unpaired) electrons. The van der Waals surface area contributed by atoms with Crippen LogP contribution in [-0.2, 0) is 0 Å². The van der Waals surface area contributed by atoms with Crippen LogP contribution in [0.25, 0.3) is 0 Å². The summed E-state index contributed by atoms with van der Waals surface area (Å²) in [6.07, 6.45) is 13.2. The first-order valence-corrected chi connectivity index (χ1v) is 8.17. The van der Waals surface area contributed by atoms with Crippen molar-refractivity contribution in [2.45, 2.75) is 85.5 Å². The van der Waals surface area contributed by atoms with Gasteiger partial charge in [-0.15, -0.1) is 0 Å². The van der Waals surface area contributed by atoms with E-state index in [2.05, 4.69) is 27.7 Å². The summed E-state index contributed by atoms with van der Waals surface area (Å²) in [6, 6.07) is 0. The van der Waals surface area contributed by atoms with Crippen molar-refractivity contribution >= 4 is 0 Å². The van der Waals surface area contributed by atoms with Crippen molar-refractivity contribution in [2.75, 3.05) is 0 Å². The first-order chi connectivity index (χ1) is 8.17. The molecule has 1 saturated carbocycles. The fourth-order valence-corrected chi connectivity index (χ4v) is 3.67. The molecule has 0 bridgehead atoms. The SMILES string of the molecule is CCCC(C)CCC(CC)C1CCC(C)CC1. The van der Waals surface area contributed by atoms with Gasteiger partial charge >= 0.3 is 0 Å². The van der Waals surface area contributed by atoms with E-state index < -0.39 is 0 Å². The van der Waals surface area contributed by atoms with Gasteiger partial charge in [-0.25, -0.2) is 0 Å². The average Bonchev–Trinajstić information content (AvgIpc) is 2.32. The fourth-order valence-electron chi connectivity index (χ4n) is 3.67. The maximum atomic E-state index is 2.44. The van der Waals surface area contributed by atoms with Crippen LogP contribution >= 0.6 is 0 Å². The fraction of sp³-hybridized carbons (Fsp3) is 1.00. The largest absolute Gasteiger partial charge is 0.0654 e. The Morgan fingerprint density at radius 3 is 2.12 bits per heavy atom. The Morgan fingerprint density at radius 2 is 1.59 bits per heavy atom. The standard InChI is InChI=1S/C17H34/c1-5-7-14(3)8-11-16(6-2)17-12-9-15(4)10-13-17/h14-17H,5-13H2,1-4H3. The Morgan fingerprint density at radius 1 is 0.941 bits per heavy atom. The highest BCUT2D eigenvalue weighted by molar-refractivity contribution is 4.76. The van der Waals surface area contributed by atoms with Gasteiger partial charge in [0, 0.05) is 0 Å². The minimum atomic E-state index is 0.955. The molecule has 0 aromatic heterocycles. The molecule has 1 rings (SSSR count). The lowest BCUT2D eigenvalue weighted by Gasteiger charge is -2.33. The van der Waals surface area contributed by atoms with Gasteiger partial charge in [0.25, 0.3) is 0 Å². The molecular formula is C17H34. The lowest BCUT2D eigenvalue weighted by molar-refractivity contribution is 0.190. The van der Waals surface area contributed by atoms with E-state index in [1.165, 1.54) is 57.8 Å². The Labute approximate surface area is 110 Å². The Bertz CT molecular complexity index is 176. The van der Waals surface area contributed by atoms with Crippen LogP contribution in [0, 0.1) is 23.7 Å². The molecule has 2 atom stereocenters. The van der Waals surface area contributed by atoms with Gasteiger partial charge < -0.3 is 0 Å². The maximum Gasteiger partial charge on any atom is -0.0386 e. The quantitative estimate of drug-likeness (QED) is 0.506. The molecule has 1 aliphatic rings. The monoisotopic (exact) mass is 238 g/mol. The summed E-state index contributed by atoms with van der Waals surface area (Å²) >= 11 is 0. The van der Waals surface area contributed by atoms with Gasteiger partial charge in [-0.2, -0.15) is 0 Å². The first kappa shape index (κ1) is 15.1. The maximum absolute atomic E-state index is 2.44. The summed E-state index contributed by atoms with van der Waals surface area (Å²) in [7, 11) is 0. The summed E-state index contributed by atoms with van der Waals surface area (Å²) in [4.78, 5) is 0. The first-order valence-electron chi connectivity index (χ1n) is 8.17. The van der Waals surface area contributed by atoms with Crippen LogP contribution < -0.4 is 0 Å². The van der Waals surface area contributed by atoms with E-state index in [1.807, 2.05) is 0 Å². The van der Waals surface area contributed by atoms with E-state index >= 15 is 0 Å². The summed E-state index contributed by atoms with van der Waals surface area (Å²) in [6.45, 7) is 9.60. The number of rotatable bonds is 7. The second kappa shape index (κ2) is 8.16. The topological polar surface area (TPSA) is 0 Å². The molecule has 102 valence electrons. The van der Waals surface area contributed by atoms with E-state index in [0.717, 1.165) is 23.7 Å². The van der Waals surface area contributed by atoms with Crippen LogP contribution in [0.1, 0.15) is 85.5 Å². The van der Waals surface area contributed by atoms with Gasteiger partial charge in [-0.05, 0) is 42.9 Å². The minimum Gasteiger partial charge on any atom is -0.0654 e. The summed E-state index contributed by atoms with van der Waals surface area (Å²) in [5.41, 5.74) is 0. The van der Waals surface area contributed by atoms with E-state index in [-0.39, 0.29) is 0 Å². The van der Waals surface area contributed by atoms with E-state index in [9.17, 15) is 0 Å². The van der Waals surface area contributed by atoms with Crippen molar-refractivity contribution in [2.24, 2.45) is 23.7 Å². The smallest absolute Gasteiger partial charge is 0.0386 e. The van der Waals surface area contributed by atoms with Crippen molar-refractivity contribution in [1.29, 1.82) is 0 Å². The number of hydrogen-bond donors (Lipinski definition) is 0. The molecule has 1 fully saturated rings. The molecule has 0 N–H and O–H groups in total. The van der Waals surface area contributed by atoms with E-state index in [0.29, 0.717) is 0 Å². The molecule has 0 aromatic carbocycles. The zero-order chi connectivity index (χ0) is 12.7. The Kier molecular flexibility index (Phi) is 7.23. The number of hydrogen-bond acceptors (Lipinski definition) is 0. The molecule has 17 heavy (non-hydrogen) atoms. The molecule has 2 unspecified atom stereocenters. The van der Waals surface area contributed by atoms with Crippen LogP contribution in [0.4, 0.5) is 0 Å². The molecule has 1 aliphatic carbocycles. The molecule has 0 heteroatoms. The molecule has 0 aromatic rings. The molecule has 0 spiro atoms. The van der Waals surface area contributed by atoms with E-state index in [4.69, 9.17) is 0 Å². The van der Waals surface area contributed by atoms with Crippen molar-refractivity contribution in [3.63, 3.8) is 0 Å². The second-order valence-corrected chi connectivity index (χ2v) is 6.66. The van der Waals surface area contributed by atoms with Crippen molar-refractivity contribution in [3.8, 4) is 0 Å². The summed E-state index contributed by atoms with van der Waals surface area (Å²) in [5, 5.41) is 0. The Balaban J connectivity index is 2.27. The average molecular weight is 238 g/mol. The van der Waals surface area contributed by atoms with Crippen molar-refractivity contribution in [1.82, 2.24) is 0 Å². The molecular weight excluding hydrogens is 204 g/mol. The van der Waals surface area contributed by atoms with Crippen LogP contribution in [-0.4, -0.2) is 0 Å². The van der Waals surface area contributed by atoms with Crippen molar-refractivity contribution < 1.29 is 0 Å². The van der Waals surface area contributed by atoms with Gasteiger partial charge in [0.15, 0.2) is 0 Å². The minimum absolute atomic E-state index is 0.955. The van der Waals surface area contributed by atoms with Gasteiger partial charge in [0.1, 0.15) is 0 Å². The zero-order valence-electron chi connectivity index (χ0n) is 12.7. The van der Waals surface area contributed by atoms with Crippen LogP contribution in [0.3, 0.4) is 0 Å². The normalized spacial score (nSPS) is 28.9. The lowest BCUT2D eigenvalue weighted by atomic mass is 9.73. The third-order valence-electron chi connectivity index (χ3n) is 5.06. The molecule has 0 amide bonds. The zero-order valence-corrected chi connectivity index (χ0v) is 12.7. The predicted octanol–water partition coefficient (Wildman–Crippen LogP) is 6.06. The summed E-state index contributed by atoms with van der Waals surface area (Å²) in [5.74, 6) is 4.05. The van der Waals surface area contributed by atoms with Crippen LogP contribution in [0.2, 0.25) is 0 Å². The highest BCUT2D eigenvalue weighted by Gasteiger charge is 2.24. The highest BCUT2D eigenvalue weighted by atomic mass is 14.3. The van der Waals surface area contributed by atoms with Gasteiger partial charge in [-0.1, -0.05) is 66.2 Å². The molecule has 0 nitrogen and oxygen atoms in total. The van der Waals surface area contributed by atoms with Gasteiger partial charge in [0.2, 0.25) is 0 Å². The third-order valence-corrected chi connectivity index (χ3v) is 5.06. The lowest BCUT2D eigenvalue weighted by Crippen LogP contribution is -2.21. The highest BCUT2D eigenvalue weighted by Crippen LogP contribution is 2.37. The van der Waals surface area contributed by atoms with Gasteiger partial charge in [-0.3, -0.25) is 0 Å². The second-order valence-electron chi connectivity index (χ2n) is 6.66. The van der Waals surface area contributed by atoms with Crippen molar-refractivity contribution in [3.05, 3.63) is 0 Å². The Hall–Kier alpha value is 0. The van der Waals surface area contributed by atoms with Crippen LogP contribution in [0.5, 0.6) is 0 Å². The van der Waals surface area contributed by atoms with Gasteiger partial charge in [0.05, 0.1) is 0 Å². The summed E-state index contributed by atoms with van der Waals surface area (Å²) < 4.78 is 0. The molecule has 0 heterocycles. The predicted molar refractivity (Wildman–Crippen MR) is 78.2 cm³/mol. The van der Waals surface area contributed by atoms with E-state index in [1.54, 1.807) is 0 Å². The van der Waals surface area contributed by atoms with Crippen LogP contribution in [0.15, 0.2) is 0 Å². The molecule has 0 saturated heterocycles. The molecule has 0 aliphatic heterocycles.